The molecule has 0 saturated carbocycles. The van der Waals surface area contributed by atoms with Crippen molar-refractivity contribution in [1.29, 1.82) is 0 Å². The lowest BCUT2D eigenvalue weighted by Gasteiger charge is -2.10. The first-order chi connectivity index (χ1) is 10.0. The number of nitro groups is 1. The average Bonchev–Trinajstić information content (AvgIpc) is 2.84. The Kier molecular flexibility index (Phi) is 4.12. The number of hydrogen-bond acceptors (Lipinski definition) is 6. The number of carbonyl (C=O) groups is 1. The van der Waals surface area contributed by atoms with Gasteiger partial charge in [0.15, 0.2) is 0 Å². The molecule has 2 rings (SSSR count). The van der Waals surface area contributed by atoms with Gasteiger partial charge >= 0.3 is 0 Å². The SMILES string of the molecule is CCNc1ncc([N+](=O)[O-])cc1C(=O)Nc1ccnn1C. The maximum Gasteiger partial charge on any atom is 0.288 e. The number of nitrogens with zero attached hydrogens (tertiary/aromatic N) is 4. The molecule has 2 aromatic rings. The van der Waals surface area contributed by atoms with Crippen molar-refractivity contribution in [2.45, 2.75) is 6.92 Å². The summed E-state index contributed by atoms with van der Waals surface area (Å²) < 4.78 is 1.48. The quantitative estimate of drug-likeness (QED) is 0.635. The van der Waals surface area contributed by atoms with Gasteiger partial charge in [-0.05, 0) is 6.92 Å². The minimum Gasteiger partial charge on any atom is -0.370 e. The molecule has 0 fully saturated rings. The van der Waals surface area contributed by atoms with Gasteiger partial charge in [0, 0.05) is 25.7 Å². The van der Waals surface area contributed by atoms with E-state index >= 15 is 0 Å². The third-order valence-electron chi connectivity index (χ3n) is 2.74. The van der Waals surface area contributed by atoms with Gasteiger partial charge in [-0.2, -0.15) is 5.10 Å². The van der Waals surface area contributed by atoms with Crippen molar-refractivity contribution in [3.8, 4) is 0 Å². The van der Waals surface area contributed by atoms with Crippen molar-refractivity contribution in [3.05, 3.63) is 40.2 Å². The molecule has 0 spiro atoms. The highest BCUT2D eigenvalue weighted by molar-refractivity contribution is 6.07. The smallest absolute Gasteiger partial charge is 0.288 e. The highest BCUT2D eigenvalue weighted by Crippen LogP contribution is 2.20. The van der Waals surface area contributed by atoms with Crippen LogP contribution in [0.5, 0.6) is 0 Å². The number of anilines is 2. The fourth-order valence-electron chi connectivity index (χ4n) is 1.72. The maximum absolute atomic E-state index is 12.3. The molecule has 2 aromatic heterocycles. The first kappa shape index (κ1) is 14.4. The second-order valence-electron chi connectivity index (χ2n) is 4.17. The van der Waals surface area contributed by atoms with Crippen LogP contribution < -0.4 is 10.6 Å². The monoisotopic (exact) mass is 290 g/mol. The van der Waals surface area contributed by atoms with E-state index in [0.717, 1.165) is 6.20 Å². The van der Waals surface area contributed by atoms with Crippen molar-refractivity contribution in [2.75, 3.05) is 17.2 Å². The molecule has 0 bridgehead atoms. The zero-order valence-electron chi connectivity index (χ0n) is 11.5. The Balaban J connectivity index is 2.35. The number of aryl methyl sites for hydroxylation is 1. The fourth-order valence-corrected chi connectivity index (χ4v) is 1.72. The third-order valence-corrected chi connectivity index (χ3v) is 2.74. The molecule has 0 aliphatic rings. The lowest BCUT2D eigenvalue weighted by Crippen LogP contribution is -2.18. The number of hydrogen-bond donors (Lipinski definition) is 2. The van der Waals surface area contributed by atoms with Crippen molar-refractivity contribution in [3.63, 3.8) is 0 Å². The van der Waals surface area contributed by atoms with Crippen LogP contribution in [0.2, 0.25) is 0 Å². The molecule has 2 heterocycles. The molecule has 9 nitrogen and oxygen atoms in total. The summed E-state index contributed by atoms with van der Waals surface area (Å²) in [5, 5.41) is 20.3. The minimum absolute atomic E-state index is 0.104. The van der Waals surface area contributed by atoms with Crippen molar-refractivity contribution >= 4 is 23.2 Å². The molecule has 2 N–H and O–H groups in total. The molecule has 0 saturated heterocycles. The van der Waals surface area contributed by atoms with Gasteiger partial charge in [-0.25, -0.2) is 4.98 Å². The largest absolute Gasteiger partial charge is 0.370 e. The summed E-state index contributed by atoms with van der Waals surface area (Å²) in [5.41, 5.74) is -0.140. The van der Waals surface area contributed by atoms with Crippen LogP contribution in [0, 0.1) is 10.1 Å². The molecule has 110 valence electrons. The standard InChI is InChI=1S/C12H14N6O3/c1-3-13-11-9(6-8(7-14-11)18(20)21)12(19)16-10-4-5-15-17(10)2/h4-7H,3H2,1-2H3,(H,13,14)(H,16,19). The molecule has 0 aliphatic carbocycles. The second-order valence-corrected chi connectivity index (χ2v) is 4.17. The molecule has 1 amide bonds. The normalized spacial score (nSPS) is 10.2. The highest BCUT2D eigenvalue weighted by atomic mass is 16.6. The van der Waals surface area contributed by atoms with E-state index in [1.54, 1.807) is 13.1 Å². The zero-order chi connectivity index (χ0) is 15.4. The van der Waals surface area contributed by atoms with Crippen LogP contribution in [0.3, 0.4) is 0 Å². The van der Waals surface area contributed by atoms with Crippen LogP contribution in [-0.4, -0.2) is 32.1 Å². The van der Waals surface area contributed by atoms with Gasteiger partial charge in [-0.3, -0.25) is 19.6 Å². The molecular formula is C12H14N6O3. The van der Waals surface area contributed by atoms with Gasteiger partial charge in [0.1, 0.15) is 17.8 Å². The van der Waals surface area contributed by atoms with Crippen LogP contribution in [-0.2, 0) is 7.05 Å². The van der Waals surface area contributed by atoms with E-state index < -0.39 is 10.8 Å². The van der Waals surface area contributed by atoms with Crippen LogP contribution >= 0.6 is 0 Å². The molecule has 9 heteroatoms. The Morgan fingerprint density at radius 2 is 2.29 bits per heavy atom. The van der Waals surface area contributed by atoms with Gasteiger partial charge in [0.25, 0.3) is 11.6 Å². The Labute approximate surface area is 120 Å². The second kappa shape index (κ2) is 5.99. The van der Waals surface area contributed by atoms with Crippen molar-refractivity contribution in [2.24, 2.45) is 7.05 Å². The van der Waals surface area contributed by atoms with Gasteiger partial charge in [0.2, 0.25) is 0 Å². The minimum atomic E-state index is -0.594. The lowest BCUT2D eigenvalue weighted by atomic mass is 10.2. The summed E-state index contributed by atoms with van der Waals surface area (Å²) in [6.07, 6.45) is 2.64. The van der Waals surface area contributed by atoms with Crippen molar-refractivity contribution < 1.29 is 9.72 Å². The van der Waals surface area contributed by atoms with Crippen LogP contribution in [0.1, 0.15) is 17.3 Å². The summed E-state index contributed by atoms with van der Waals surface area (Å²) in [7, 11) is 1.67. The number of pyridine rings is 1. The number of aromatic nitrogens is 3. The Morgan fingerprint density at radius 1 is 1.52 bits per heavy atom. The van der Waals surface area contributed by atoms with E-state index in [0.29, 0.717) is 18.2 Å². The van der Waals surface area contributed by atoms with E-state index in [2.05, 4.69) is 20.7 Å². The predicted molar refractivity (Wildman–Crippen MR) is 76.2 cm³/mol. The van der Waals surface area contributed by atoms with Gasteiger partial charge in [-0.15, -0.1) is 0 Å². The zero-order valence-corrected chi connectivity index (χ0v) is 11.5. The first-order valence-corrected chi connectivity index (χ1v) is 6.20. The molecule has 0 atom stereocenters. The van der Waals surface area contributed by atoms with E-state index in [4.69, 9.17) is 0 Å². The number of rotatable bonds is 5. The lowest BCUT2D eigenvalue weighted by molar-refractivity contribution is -0.385. The van der Waals surface area contributed by atoms with E-state index in [1.165, 1.54) is 16.9 Å². The number of amides is 1. The van der Waals surface area contributed by atoms with Gasteiger partial charge < -0.3 is 10.6 Å². The Hall–Kier alpha value is -2.97. The van der Waals surface area contributed by atoms with Crippen LogP contribution in [0.4, 0.5) is 17.3 Å². The number of carbonyl (C=O) groups excluding carboxylic acids is 1. The summed E-state index contributed by atoms with van der Waals surface area (Å²) >= 11 is 0. The topological polar surface area (TPSA) is 115 Å². The van der Waals surface area contributed by atoms with Gasteiger partial charge in [0.05, 0.1) is 16.7 Å². The Morgan fingerprint density at radius 3 is 2.86 bits per heavy atom. The number of nitrogens with one attached hydrogen (secondary N) is 2. The average molecular weight is 290 g/mol. The molecule has 0 aromatic carbocycles. The van der Waals surface area contributed by atoms with E-state index in [-0.39, 0.29) is 11.3 Å². The van der Waals surface area contributed by atoms with Crippen LogP contribution in [0.25, 0.3) is 0 Å². The summed E-state index contributed by atoms with van der Waals surface area (Å²) in [6.45, 7) is 2.38. The maximum atomic E-state index is 12.3. The van der Waals surface area contributed by atoms with Crippen molar-refractivity contribution in [1.82, 2.24) is 14.8 Å². The first-order valence-electron chi connectivity index (χ1n) is 6.20. The molecular weight excluding hydrogens is 276 g/mol. The van der Waals surface area contributed by atoms with Gasteiger partial charge in [-0.1, -0.05) is 0 Å². The predicted octanol–water partition coefficient (Wildman–Crippen LogP) is 1.41. The van der Waals surface area contributed by atoms with Crippen LogP contribution in [0.15, 0.2) is 24.5 Å². The van der Waals surface area contributed by atoms with E-state index in [1.807, 2.05) is 6.92 Å². The molecule has 0 radical (unpaired) electrons. The molecule has 21 heavy (non-hydrogen) atoms. The Bertz CT molecular complexity index is 681. The fraction of sp³-hybridized carbons (Fsp3) is 0.250. The summed E-state index contributed by atoms with van der Waals surface area (Å²) in [6, 6.07) is 2.81. The molecule has 0 aliphatic heterocycles. The summed E-state index contributed by atoms with van der Waals surface area (Å²) in [5.74, 6) is 0.280. The summed E-state index contributed by atoms with van der Waals surface area (Å²) in [4.78, 5) is 26.4. The highest BCUT2D eigenvalue weighted by Gasteiger charge is 2.18. The van der Waals surface area contributed by atoms with E-state index in [9.17, 15) is 14.9 Å². The third kappa shape index (κ3) is 3.14. The molecule has 0 unspecified atom stereocenters.